The van der Waals surface area contributed by atoms with Gasteiger partial charge in [-0.3, -0.25) is 0 Å². The molecule has 0 saturated heterocycles. The quantitative estimate of drug-likeness (QED) is 0.787. The summed E-state index contributed by atoms with van der Waals surface area (Å²) >= 11 is -0.0510. The topological polar surface area (TPSA) is 12.0 Å². The molecule has 2 rings (SSSR count). The van der Waals surface area contributed by atoms with Gasteiger partial charge in [-0.05, 0) is 49.1 Å². The third kappa shape index (κ3) is 3.83. The molecule has 1 saturated carbocycles. The summed E-state index contributed by atoms with van der Waals surface area (Å²) in [6.07, 6.45) is 3.21. The van der Waals surface area contributed by atoms with Gasteiger partial charge >= 0.3 is 5.51 Å². The molecule has 1 aromatic carbocycles. The van der Waals surface area contributed by atoms with E-state index in [9.17, 15) is 13.2 Å². The molecule has 1 aromatic rings. The Hall–Kier alpha value is -0.840. The summed E-state index contributed by atoms with van der Waals surface area (Å²) in [7, 11) is 0. The molecule has 0 radical (unpaired) electrons. The van der Waals surface area contributed by atoms with E-state index in [-0.39, 0.29) is 16.7 Å². The maximum atomic E-state index is 12.4. The van der Waals surface area contributed by atoms with Gasteiger partial charge < -0.3 is 5.32 Å². The van der Waals surface area contributed by atoms with Gasteiger partial charge in [0.15, 0.2) is 0 Å². The molecule has 1 aliphatic rings. The average Bonchev–Trinajstić information content (AvgIpc) is 2.65. The number of anilines is 1. The van der Waals surface area contributed by atoms with Crippen molar-refractivity contribution >= 4 is 17.4 Å². The number of hydrogen-bond donors (Lipinski definition) is 1. The van der Waals surface area contributed by atoms with Crippen LogP contribution in [-0.4, -0.2) is 11.6 Å². The lowest BCUT2D eigenvalue weighted by atomic mass is 10.1. The molecule has 0 spiro atoms. The zero-order valence-corrected chi connectivity index (χ0v) is 10.9. The molecule has 0 amide bonds. The average molecular weight is 275 g/mol. The summed E-state index contributed by atoms with van der Waals surface area (Å²) in [6.45, 7) is 2.18. The summed E-state index contributed by atoms with van der Waals surface area (Å²) in [5.74, 6) is 0.657. The van der Waals surface area contributed by atoms with Crippen molar-refractivity contribution in [3.63, 3.8) is 0 Å². The Balaban J connectivity index is 2.07. The van der Waals surface area contributed by atoms with Crippen molar-refractivity contribution in [1.82, 2.24) is 0 Å². The van der Waals surface area contributed by atoms with Gasteiger partial charge in [-0.25, -0.2) is 0 Å². The number of alkyl halides is 3. The second-order valence-electron chi connectivity index (χ2n) is 4.80. The number of hydrogen-bond acceptors (Lipinski definition) is 2. The summed E-state index contributed by atoms with van der Waals surface area (Å²) < 4.78 is 37.3. The minimum absolute atomic E-state index is 0.0510. The highest BCUT2D eigenvalue weighted by Gasteiger charge is 2.31. The molecular formula is C13H16F3NS. The normalized spacial score (nSPS) is 24.2. The van der Waals surface area contributed by atoms with Crippen LogP contribution in [0.4, 0.5) is 18.9 Å². The molecule has 1 N–H and O–H groups in total. The first-order valence-electron chi connectivity index (χ1n) is 6.05. The molecule has 1 nitrogen and oxygen atoms in total. The van der Waals surface area contributed by atoms with Gasteiger partial charge in [0, 0.05) is 16.6 Å². The first-order valence-corrected chi connectivity index (χ1v) is 6.87. The van der Waals surface area contributed by atoms with Crippen LogP contribution in [0.5, 0.6) is 0 Å². The van der Waals surface area contributed by atoms with Crippen molar-refractivity contribution in [3.8, 4) is 0 Å². The van der Waals surface area contributed by atoms with E-state index < -0.39 is 5.51 Å². The Morgan fingerprint density at radius 1 is 1.22 bits per heavy atom. The van der Waals surface area contributed by atoms with Gasteiger partial charge in [0.2, 0.25) is 0 Å². The lowest BCUT2D eigenvalue weighted by Gasteiger charge is -2.17. The van der Waals surface area contributed by atoms with Crippen molar-refractivity contribution in [2.45, 2.75) is 42.6 Å². The van der Waals surface area contributed by atoms with E-state index in [1.54, 1.807) is 18.2 Å². The van der Waals surface area contributed by atoms with Gasteiger partial charge in [-0.1, -0.05) is 19.1 Å². The van der Waals surface area contributed by atoms with Gasteiger partial charge in [-0.15, -0.1) is 0 Å². The van der Waals surface area contributed by atoms with Crippen LogP contribution in [0.3, 0.4) is 0 Å². The minimum Gasteiger partial charge on any atom is -0.381 e. The van der Waals surface area contributed by atoms with E-state index in [2.05, 4.69) is 12.2 Å². The Kier molecular flexibility index (Phi) is 4.10. The fraction of sp³-hybridized carbons (Fsp3) is 0.538. The van der Waals surface area contributed by atoms with E-state index >= 15 is 0 Å². The van der Waals surface area contributed by atoms with Crippen LogP contribution in [0.2, 0.25) is 0 Å². The summed E-state index contributed by atoms with van der Waals surface area (Å²) in [6, 6.07) is 6.93. The predicted octanol–water partition coefficient (Wildman–Crippen LogP) is 4.90. The number of rotatable bonds is 3. The van der Waals surface area contributed by atoms with Crippen LogP contribution < -0.4 is 5.32 Å². The van der Waals surface area contributed by atoms with Crippen LogP contribution in [0, 0.1) is 5.92 Å². The molecule has 0 bridgehead atoms. The van der Waals surface area contributed by atoms with Crippen LogP contribution in [0.25, 0.3) is 0 Å². The highest BCUT2D eigenvalue weighted by atomic mass is 32.2. The van der Waals surface area contributed by atoms with Crippen LogP contribution in [-0.2, 0) is 0 Å². The molecule has 100 valence electrons. The van der Waals surface area contributed by atoms with E-state index in [1.165, 1.54) is 6.07 Å². The Bertz CT molecular complexity index is 405. The molecular weight excluding hydrogens is 259 g/mol. The number of benzene rings is 1. The first kappa shape index (κ1) is 13.6. The summed E-state index contributed by atoms with van der Waals surface area (Å²) in [5.41, 5.74) is -3.64. The van der Waals surface area contributed by atoms with Crippen molar-refractivity contribution in [1.29, 1.82) is 0 Å². The van der Waals surface area contributed by atoms with E-state index in [0.717, 1.165) is 19.3 Å². The zero-order chi connectivity index (χ0) is 13.2. The third-order valence-corrected chi connectivity index (χ3v) is 3.97. The minimum atomic E-state index is -4.24. The monoisotopic (exact) mass is 275 g/mol. The lowest BCUT2D eigenvalue weighted by molar-refractivity contribution is -0.0327. The highest BCUT2D eigenvalue weighted by molar-refractivity contribution is 8.00. The molecule has 2 atom stereocenters. The third-order valence-electron chi connectivity index (χ3n) is 3.17. The molecule has 18 heavy (non-hydrogen) atoms. The zero-order valence-electron chi connectivity index (χ0n) is 10.1. The number of nitrogens with one attached hydrogen (secondary N) is 1. The van der Waals surface area contributed by atoms with Crippen LogP contribution in [0.15, 0.2) is 29.2 Å². The fourth-order valence-electron chi connectivity index (χ4n) is 2.36. The van der Waals surface area contributed by atoms with Crippen molar-refractivity contribution in [3.05, 3.63) is 24.3 Å². The molecule has 5 heteroatoms. The van der Waals surface area contributed by atoms with Gasteiger partial charge in [-0.2, -0.15) is 13.2 Å². The molecule has 1 fully saturated rings. The van der Waals surface area contributed by atoms with Crippen molar-refractivity contribution in [2.24, 2.45) is 5.92 Å². The number of para-hydroxylation sites is 1. The predicted molar refractivity (Wildman–Crippen MR) is 68.8 cm³/mol. The lowest BCUT2D eigenvalue weighted by Crippen LogP contribution is -2.16. The fourth-order valence-corrected chi connectivity index (χ4v) is 2.99. The van der Waals surface area contributed by atoms with E-state index in [0.29, 0.717) is 17.6 Å². The first-order chi connectivity index (χ1) is 8.44. The SMILES string of the molecule is CC1CCC(Nc2ccccc2SC(F)(F)F)C1. The molecule has 0 aromatic heterocycles. The Morgan fingerprint density at radius 3 is 2.56 bits per heavy atom. The Morgan fingerprint density at radius 2 is 1.94 bits per heavy atom. The molecule has 0 heterocycles. The second kappa shape index (κ2) is 5.43. The second-order valence-corrected chi connectivity index (χ2v) is 5.91. The standard InChI is InChI=1S/C13H16F3NS/c1-9-6-7-10(8-9)17-11-4-2-3-5-12(11)18-13(14,15)16/h2-5,9-10,17H,6-8H2,1H3. The number of halogens is 3. The van der Waals surface area contributed by atoms with E-state index in [1.807, 2.05) is 0 Å². The Labute approximate surface area is 109 Å². The maximum Gasteiger partial charge on any atom is 0.446 e. The van der Waals surface area contributed by atoms with Crippen molar-refractivity contribution < 1.29 is 13.2 Å². The van der Waals surface area contributed by atoms with Crippen molar-refractivity contribution in [2.75, 3.05) is 5.32 Å². The van der Waals surface area contributed by atoms with Gasteiger partial charge in [0.05, 0.1) is 0 Å². The van der Waals surface area contributed by atoms with Crippen LogP contribution in [0.1, 0.15) is 26.2 Å². The highest BCUT2D eigenvalue weighted by Crippen LogP contribution is 2.41. The summed E-state index contributed by atoms with van der Waals surface area (Å²) in [5, 5.41) is 3.24. The largest absolute Gasteiger partial charge is 0.446 e. The smallest absolute Gasteiger partial charge is 0.381 e. The molecule has 1 aliphatic carbocycles. The molecule has 2 unspecified atom stereocenters. The summed E-state index contributed by atoms with van der Waals surface area (Å²) in [4.78, 5) is 0.254. The number of thioether (sulfide) groups is 1. The molecule has 0 aliphatic heterocycles. The van der Waals surface area contributed by atoms with Gasteiger partial charge in [0.1, 0.15) is 0 Å². The maximum absolute atomic E-state index is 12.4. The van der Waals surface area contributed by atoms with E-state index in [4.69, 9.17) is 0 Å². The van der Waals surface area contributed by atoms with Gasteiger partial charge in [0.25, 0.3) is 0 Å². The van der Waals surface area contributed by atoms with Crippen LogP contribution >= 0.6 is 11.8 Å².